The van der Waals surface area contributed by atoms with Crippen LogP contribution in [-0.2, 0) is 25.7 Å². The maximum atomic E-state index is 9.10. The van der Waals surface area contributed by atoms with E-state index in [-0.39, 0.29) is 0 Å². The van der Waals surface area contributed by atoms with Gasteiger partial charge in [-0.25, -0.2) is 29.1 Å². The Morgan fingerprint density at radius 1 is 1.00 bits per heavy atom. The minimum absolute atomic E-state index is 0.446. The van der Waals surface area contributed by atoms with Gasteiger partial charge < -0.3 is 35.1 Å². The highest BCUT2D eigenvalue weighted by Gasteiger charge is 2.19. The lowest BCUT2D eigenvalue weighted by Gasteiger charge is -2.18. The Bertz CT molecular complexity index is 1130. The average molecular weight is 505 g/mol. The highest BCUT2D eigenvalue weighted by Crippen LogP contribution is 2.22. The molecule has 14 heteroatoms. The van der Waals surface area contributed by atoms with Crippen LogP contribution in [0.25, 0.3) is 11.2 Å². The molecule has 0 aliphatic carbocycles. The number of likely N-dealkylation sites (tertiary alicyclic amines) is 1. The van der Waals surface area contributed by atoms with E-state index in [2.05, 4.69) is 26.8 Å². The Hall–Kier alpha value is -4.46. The predicted molar refractivity (Wildman–Crippen MR) is 125 cm³/mol. The van der Waals surface area contributed by atoms with Crippen molar-refractivity contribution in [2.24, 2.45) is 0 Å². The standard InChI is InChI=1S/C18H23N5O.2C2H2O4/c1-22-10-3-5-14(8-11-22)20-18-21-16-7-2-9-19-17(16)23(18)13-15-6-4-12-24-15;2*3-1(4)2(5)6/h2,4,6-7,9,12,14H,3,5,8,10-11,13H2,1H3,(H,20,21);2*(H,3,4)(H,5,6). The number of nitrogens with one attached hydrogen (secondary N) is 1. The second-order valence-corrected chi connectivity index (χ2v) is 7.74. The molecule has 1 fully saturated rings. The number of carboxylic acid groups (broad SMARTS) is 4. The van der Waals surface area contributed by atoms with Crippen LogP contribution in [0.4, 0.5) is 5.95 Å². The van der Waals surface area contributed by atoms with Gasteiger partial charge in [0.2, 0.25) is 5.95 Å². The van der Waals surface area contributed by atoms with Gasteiger partial charge in [-0.1, -0.05) is 0 Å². The molecule has 0 radical (unpaired) electrons. The van der Waals surface area contributed by atoms with E-state index in [9.17, 15) is 0 Å². The summed E-state index contributed by atoms with van der Waals surface area (Å²) in [5.74, 6) is -5.51. The van der Waals surface area contributed by atoms with Gasteiger partial charge in [0.25, 0.3) is 0 Å². The molecule has 14 nitrogen and oxygen atoms in total. The Kier molecular flexibility index (Phi) is 10.4. The Labute approximate surface area is 204 Å². The number of furan rings is 1. The molecule has 5 N–H and O–H groups in total. The SMILES string of the molecule is CN1CCCC(Nc2nc3cccnc3n2Cc2ccco2)CC1.O=C(O)C(=O)O.O=C(O)C(=O)O. The van der Waals surface area contributed by atoms with Crippen molar-refractivity contribution in [3.05, 3.63) is 42.5 Å². The molecular formula is C22H27N5O9. The largest absolute Gasteiger partial charge is 0.473 e. The summed E-state index contributed by atoms with van der Waals surface area (Å²) in [6.45, 7) is 2.92. The molecule has 3 aromatic heterocycles. The van der Waals surface area contributed by atoms with Gasteiger partial charge >= 0.3 is 23.9 Å². The molecule has 0 spiro atoms. The van der Waals surface area contributed by atoms with Crippen molar-refractivity contribution in [2.75, 3.05) is 25.5 Å². The van der Waals surface area contributed by atoms with Crippen molar-refractivity contribution in [1.29, 1.82) is 0 Å². The van der Waals surface area contributed by atoms with Crippen LogP contribution in [0.2, 0.25) is 0 Å². The van der Waals surface area contributed by atoms with Gasteiger partial charge in [-0.15, -0.1) is 0 Å². The van der Waals surface area contributed by atoms with Crippen molar-refractivity contribution in [3.8, 4) is 0 Å². The first-order valence-corrected chi connectivity index (χ1v) is 10.8. The molecule has 1 aliphatic heterocycles. The van der Waals surface area contributed by atoms with E-state index in [1.165, 1.54) is 19.4 Å². The number of rotatable bonds is 4. The molecule has 1 aliphatic rings. The second kappa shape index (κ2) is 13.4. The quantitative estimate of drug-likeness (QED) is 0.317. The van der Waals surface area contributed by atoms with E-state index < -0.39 is 23.9 Å². The first-order valence-electron chi connectivity index (χ1n) is 10.8. The summed E-state index contributed by atoms with van der Waals surface area (Å²) in [7, 11) is 2.19. The summed E-state index contributed by atoms with van der Waals surface area (Å²) in [6.07, 6.45) is 7.03. The Morgan fingerprint density at radius 2 is 1.67 bits per heavy atom. The van der Waals surface area contributed by atoms with Crippen LogP contribution in [0, 0.1) is 0 Å². The zero-order valence-corrected chi connectivity index (χ0v) is 19.4. The number of anilines is 1. The van der Waals surface area contributed by atoms with Gasteiger partial charge in [-0.3, -0.25) is 4.57 Å². The number of hydrogen-bond acceptors (Lipinski definition) is 9. The third-order valence-electron chi connectivity index (χ3n) is 5.05. The lowest BCUT2D eigenvalue weighted by Crippen LogP contribution is -2.24. The fraction of sp³-hybridized carbons (Fsp3) is 0.364. The molecular weight excluding hydrogens is 478 g/mol. The molecule has 194 valence electrons. The number of fused-ring (bicyclic) bond motifs is 1. The molecule has 3 aromatic rings. The molecule has 0 saturated carbocycles. The molecule has 0 bridgehead atoms. The summed E-state index contributed by atoms with van der Waals surface area (Å²) in [5, 5.41) is 33.2. The minimum Gasteiger partial charge on any atom is -0.473 e. The molecule has 4 heterocycles. The van der Waals surface area contributed by atoms with Crippen LogP contribution >= 0.6 is 0 Å². The van der Waals surface area contributed by atoms with E-state index in [4.69, 9.17) is 49.0 Å². The molecule has 1 unspecified atom stereocenters. The van der Waals surface area contributed by atoms with Gasteiger partial charge in [0.15, 0.2) is 5.65 Å². The number of nitrogens with zero attached hydrogens (tertiary/aromatic N) is 4. The number of imidazole rings is 1. The maximum Gasteiger partial charge on any atom is 0.414 e. The van der Waals surface area contributed by atoms with Gasteiger partial charge in [0.1, 0.15) is 11.3 Å². The van der Waals surface area contributed by atoms with Gasteiger partial charge in [-0.05, 0) is 63.7 Å². The average Bonchev–Trinajstić information content (AvgIpc) is 3.41. The van der Waals surface area contributed by atoms with Crippen molar-refractivity contribution in [2.45, 2.75) is 31.8 Å². The number of carboxylic acids is 4. The monoisotopic (exact) mass is 505 g/mol. The molecule has 1 atom stereocenters. The van der Waals surface area contributed by atoms with Crippen LogP contribution in [-0.4, -0.2) is 89.9 Å². The van der Waals surface area contributed by atoms with E-state index in [0.29, 0.717) is 12.6 Å². The third-order valence-corrected chi connectivity index (χ3v) is 5.05. The first-order chi connectivity index (χ1) is 17.1. The zero-order valence-electron chi connectivity index (χ0n) is 19.4. The van der Waals surface area contributed by atoms with E-state index in [1.54, 1.807) is 6.26 Å². The van der Waals surface area contributed by atoms with Crippen LogP contribution in [0.5, 0.6) is 0 Å². The zero-order chi connectivity index (χ0) is 26.7. The van der Waals surface area contributed by atoms with Gasteiger partial charge in [0, 0.05) is 12.2 Å². The summed E-state index contributed by atoms with van der Waals surface area (Å²) in [5.41, 5.74) is 1.81. The van der Waals surface area contributed by atoms with Crippen LogP contribution in [0.1, 0.15) is 25.0 Å². The van der Waals surface area contributed by atoms with E-state index >= 15 is 0 Å². The second-order valence-electron chi connectivity index (χ2n) is 7.74. The van der Waals surface area contributed by atoms with Crippen molar-refractivity contribution in [1.82, 2.24) is 19.4 Å². The Balaban J connectivity index is 0.000000319. The number of aliphatic carboxylic acids is 4. The maximum absolute atomic E-state index is 9.10. The summed E-state index contributed by atoms with van der Waals surface area (Å²) < 4.78 is 7.64. The topological polar surface area (TPSA) is 208 Å². The van der Waals surface area contributed by atoms with Crippen LogP contribution < -0.4 is 5.32 Å². The highest BCUT2D eigenvalue weighted by molar-refractivity contribution is 6.27. The number of pyridine rings is 1. The number of carbonyl (C=O) groups is 4. The molecule has 1 saturated heterocycles. The van der Waals surface area contributed by atoms with Gasteiger partial charge in [-0.2, -0.15) is 0 Å². The summed E-state index contributed by atoms with van der Waals surface area (Å²) >= 11 is 0. The smallest absolute Gasteiger partial charge is 0.414 e. The lowest BCUT2D eigenvalue weighted by atomic mass is 10.1. The Morgan fingerprint density at radius 3 is 2.25 bits per heavy atom. The van der Waals surface area contributed by atoms with Crippen molar-refractivity contribution in [3.63, 3.8) is 0 Å². The fourth-order valence-electron chi connectivity index (χ4n) is 3.34. The predicted octanol–water partition coefficient (Wildman–Crippen LogP) is 1.28. The highest BCUT2D eigenvalue weighted by atomic mass is 16.4. The first kappa shape index (κ1) is 27.8. The molecule has 4 rings (SSSR count). The van der Waals surface area contributed by atoms with E-state index in [0.717, 1.165) is 35.8 Å². The fourth-order valence-corrected chi connectivity index (χ4v) is 3.34. The lowest BCUT2D eigenvalue weighted by molar-refractivity contribution is -0.159. The number of hydrogen-bond donors (Lipinski definition) is 5. The molecule has 36 heavy (non-hydrogen) atoms. The van der Waals surface area contributed by atoms with E-state index in [1.807, 2.05) is 30.5 Å². The molecule has 0 amide bonds. The van der Waals surface area contributed by atoms with Gasteiger partial charge in [0.05, 0.1) is 12.8 Å². The minimum atomic E-state index is -1.82. The number of aromatic nitrogens is 3. The van der Waals surface area contributed by atoms with Crippen molar-refractivity contribution >= 4 is 41.0 Å². The van der Waals surface area contributed by atoms with Crippen LogP contribution in [0.15, 0.2) is 41.1 Å². The van der Waals surface area contributed by atoms with Crippen molar-refractivity contribution < 1.29 is 44.0 Å². The normalized spacial score (nSPS) is 15.4. The van der Waals surface area contributed by atoms with Crippen LogP contribution in [0.3, 0.4) is 0 Å². The summed E-state index contributed by atoms with van der Waals surface area (Å²) in [6, 6.07) is 8.28. The third kappa shape index (κ3) is 8.72. The summed E-state index contributed by atoms with van der Waals surface area (Å²) in [4.78, 5) is 48.1. The molecule has 0 aromatic carbocycles.